The van der Waals surface area contributed by atoms with Crippen molar-refractivity contribution in [1.82, 2.24) is 0 Å². The molecule has 1 N–H and O–H groups in total. The minimum Gasteiger partial charge on any atom is -0.378 e. The molecule has 3 aromatic rings. The molecule has 0 unspecified atom stereocenters. The van der Waals surface area contributed by atoms with Crippen LogP contribution in [0.5, 0.6) is 0 Å². The summed E-state index contributed by atoms with van der Waals surface area (Å²) < 4.78 is 20.8. The van der Waals surface area contributed by atoms with E-state index in [-0.39, 0.29) is 0 Å². The van der Waals surface area contributed by atoms with Crippen molar-refractivity contribution in [3.8, 4) is 0 Å². The Morgan fingerprint density at radius 3 is 2.07 bits per heavy atom. The van der Waals surface area contributed by atoms with Crippen molar-refractivity contribution < 1.29 is 9.09 Å². The van der Waals surface area contributed by atoms with Crippen molar-refractivity contribution in [3.63, 3.8) is 0 Å². The maximum Gasteiger partial charge on any atom is 0.258 e. The lowest BCUT2D eigenvalue weighted by atomic mass is 10.2. The summed E-state index contributed by atoms with van der Waals surface area (Å²) in [7, 11) is 0.714. The molecule has 0 aliphatic rings. The number of anilines is 2. The highest BCUT2D eigenvalue weighted by Crippen LogP contribution is 2.59. The lowest BCUT2D eigenvalue weighted by Gasteiger charge is -2.30. The third kappa shape index (κ3) is 5.33. The highest BCUT2D eigenvalue weighted by molar-refractivity contribution is 7.67. The van der Waals surface area contributed by atoms with Gasteiger partial charge in [-0.1, -0.05) is 61.9 Å². The van der Waals surface area contributed by atoms with E-state index in [4.69, 9.17) is 4.52 Å². The maximum atomic E-state index is 14.6. The number of hydrogen-bond donors (Lipinski definition) is 1. The van der Waals surface area contributed by atoms with Crippen molar-refractivity contribution in [3.05, 3.63) is 90.5 Å². The van der Waals surface area contributed by atoms with Crippen LogP contribution < -0.4 is 15.5 Å². The van der Waals surface area contributed by atoms with Crippen LogP contribution in [0.2, 0.25) is 0 Å². The molecule has 0 saturated carbocycles. The first-order chi connectivity index (χ1) is 14.5. The lowest BCUT2D eigenvalue weighted by molar-refractivity contribution is 0.308. The number of unbranched alkanes of at least 4 members (excludes halogenated alkanes) is 1. The summed E-state index contributed by atoms with van der Waals surface area (Å²) >= 11 is 0. The van der Waals surface area contributed by atoms with Crippen LogP contribution in [-0.2, 0) is 9.09 Å². The molecule has 158 valence electrons. The van der Waals surface area contributed by atoms with Gasteiger partial charge in [0.05, 0.1) is 6.61 Å². The van der Waals surface area contributed by atoms with Gasteiger partial charge in [0.25, 0.3) is 7.37 Å². The number of benzene rings is 3. The Bertz CT molecular complexity index is 944. The Labute approximate surface area is 180 Å². The molecule has 0 heterocycles. The van der Waals surface area contributed by atoms with Crippen LogP contribution in [0.25, 0.3) is 0 Å². The van der Waals surface area contributed by atoms with Gasteiger partial charge in [-0.15, -0.1) is 0 Å². The quantitative estimate of drug-likeness (QED) is 0.308. The van der Waals surface area contributed by atoms with Crippen LogP contribution >= 0.6 is 7.37 Å². The number of nitrogens with one attached hydrogen (secondary N) is 1. The molecule has 5 heteroatoms. The summed E-state index contributed by atoms with van der Waals surface area (Å²) in [4.78, 5) is 2.03. The van der Waals surface area contributed by atoms with Gasteiger partial charge in [0, 0.05) is 30.8 Å². The topological polar surface area (TPSA) is 41.6 Å². The van der Waals surface area contributed by atoms with Gasteiger partial charge in [-0.3, -0.25) is 4.57 Å². The Morgan fingerprint density at radius 1 is 0.900 bits per heavy atom. The molecule has 0 radical (unpaired) electrons. The number of nitrogens with zero attached hydrogens (tertiary/aromatic N) is 1. The van der Waals surface area contributed by atoms with Crippen LogP contribution in [0.4, 0.5) is 11.4 Å². The standard InChI is InChI=1S/C25H31N2O2P/c1-4-5-20-29-30(28,24-18-16-23(17-19-24)27(2)3)25(21-12-8-6-9-13-21)26-22-14-10-7-11-15-22/h6-19,25-26H,4-5,20H2,1-3H3/t25-,30-/m0/s1. The van der Waals surface area contributed by atoms with E-state index in [2.05, 4.69) is 12.2 Å². The fraction of sp³-hybridized carbons (Fsp3) is 0.280. The van der Waals surface area contributed by atoms with Crippen molar-refractivity contribution in [2.75, 3.05) is 30.9 Å². The molecule has 0 spiro atoms. The summed E-state index contributed by atoms with van der Waals surface area (Å²) in [6, 6.07) is 27.7. The SMILES string of the molecule is CCCCO[P@@](=O)(c1ccc(N(C)C)cc1)[C@H](Nc1ccccc1)c1ccccc1. The average Bonchev–Trinajstić information content (AvgIpc) is 2.79. The average molecular weight is 423 g/mol. The van der Waals surface area contributed by atoms with E-state index >= 15 is 0 Å². The van der Waals surface area contributed by atoms with E-state index in [0.717, 1.165) is 35.1 Å². The zero-order valence-electron chi connectivity index (χ0n) is 18.0. The second kappa shape index (κ2) is 10.5. The fourth-order valence-corrected chi connectivity index (χ4v) is 5.74. The van der Waals surface area contributed by atoms with Gasteiger partial charge in [-0.2, -0.15) is 0 Å². The Morgan fingerprint density at radius 2 is 1.50 bits per heavy atom. The fourth-order valence-electron chi connectivity index (χ4n) is 3.29. The lowest BCUT2D eigenvalue weighted by Crippen LogP contribution is -2.21. The van der Waals surface area contributed by atoms with E-state index in [9.17, 15) is 4.57 Å². The predicted octanol–water partition coefficient (Wildman–Crippen LogP) is 6.28. The van der Waals surface area contributed by atoms with Crippen LogP contribution in [0.15, 0.2) is 84.9 Å². The summed E-state index contributed by atoms with van der Waals surface area (Å²) in [5, 5.41) is 4.22. The maximum absolute atomic E-state index is 14.6. The molecule has 0 bridgehead atoms. The highest BCUT2D eigenvalue weighted by atomic mass is 31.2. The Hall–Kier alpha value is -2.55. The molecule has 0 aliphatic heterocycles. The third-order valence-corrected chi connectivity index (χ3v) is 7.73. The molecule has 0 aromatic heterocycles. The van der Waals surface area contributed by atoms with E-state index < -0.39 is 13.2 Å². The molecule has 4 nitrogen and oxygen atoms in total. The van der Waals surface area contributed by atoms with Gasteiger partial charge in [-0.25, -0.2) is 0 Å². The third-order valence-electron chi connectivity index (χ3n) is 5.04. The zero-order chi connectivity index (χ0) is 21.4. The zero-order valence-corrected chi connectivity index (χ0v) is 18.9. The molecule has 3 rings (SSSR count). The van der Waals surface area contributed by atoms with Crippen LogP contribution in [0, 0.1) is 0 Å². The van der Waals surface area contributed by atoms with Crippen molar-refractivity contribution in [2.24, 2.45) is 0 Å². The molecular formula is C25H31N2O2P. The van der Waals surface area contributed by atoms with E-state index in [1.54, 1.807) is 0 Å². The van der Waals surface area contributed by atoms with Gasteiger partial charge in [-0.05, 0) is 48.4 Å². The first kappa shape index (κ1) is 22.1. The molecule has 3 aromatic carbocycles. The largest absolute Gasteiger partial charge is 0.378 e. The first-order valence-electron chi connectivity index (χ1n) is 10.4. The van der Waals surface area contributed by atoms with E-state index in [1.165, 1.54) is 0 Å². The molecule has 0 amide bonds. The minimum atomic E-state index is -3.28. The van der Waals surface area contributed by atoms with Gasteiger partial charge in [0.15, 0.2) is 0 Å². The van der Waals surface area contributed by atoms with Gasteiger partial charge in [0.2, 0.25) is 0 Å². The molecule has 0 fully saturated rings. The van der Waals surface area contributed by atoms with Crippen LogP contribution in [-0.4, -0.2) is 20.7 Å². The molecule has 30 heavy (non-hydrogen) atoms. The summed E-state index contributed by atoms with van der Waals surface area (Å²) in [5.41, 5.74) is 2.92. The predicted molar refractivity (Wildman–Crippen MR) is 128 cm³/mol. The van der Waals surface area contributed by atoms with Crippen molar-refractivity contribution in [1.29, 1.82) is 0 Å². The first-order valence-corrected chi connectivity index (χ1v) is 12.1. The summed E-state index contributed by atoms with van der Waals surface area (Å²) in [6.45, 7) is 2.57. The van der Waals surface area contributed by atoms with Gasteiger partial charge >= 0.3 is 0 Å². The second-order valence-electron chi connectivity index (χ2n) is 7.52. The molecular weight excluding hydrogens is 391 g/mol. The van der Waals surface area contributed by atoms with Crippen LogP contribution in [0.3, 0.4) is 0 Å². The Kier molecular flexibility index (Phi) is 7.73. The smallest absolute Gasteiger partial charge is 0.258 e. The second-order valence-corrected chi connectivity index (χ2v) is 10.0. The molecule has 0 aliphatic carbocycles. The summed E-state index contributed by atoms with van der Waals surface area (Å²) in [5.74, 6) is -0.483. The Balaban J connectivity index is 2.07. The van der Waals surface area contributed by atoms with Gasteiger partial charge in [0.1, 0.15) is 5.78 Å². The summed E-state index contributed by atoms with van der Waals surface area (Å²) in [6.07, 6.45) is 1.86. The minimum absolute atomic E-state index is 0.461. The monoisotopic (exact) mass is 422 g/mol. The molecule has 2 atom stereocenters. The van der Waals surface area contributed by atoms with E-state index in [0.29, 0.717) is 6.61 Å². The number of rotatable bonds is 10. The van der Waals surface area contributed by atoms with E-state index in [1.807, 2.05) is 104 Å². The number of para-hydroxylation sites is 1. The molecule has 0 saturated heterocycles. The normalized spacial score (nSPS) is 14.0. The van der Waals surface area contributed by atoms with Crippen LogP contribution in [0.1, 0.15) is 31.1 Å². The van der Waals surface area contributed by atoms with Gasteiger partial charge < -0.3 is 14.7 Å². The van der Waals surface area contributed by atoms with Crippen molar-refractivity contribution >= 4 is 24.0 Å². The highest BCUT2D eigenvalue weighted by Gasteiger charge is 2.37. The number of hydrogen-bond acceptors (Lipinski definition) is 4. The van der Waals surface area contributed by atoms with Crippen molar-refractivity contribution in [2.45, 2.75) is 25.5 Å².